The molecule has 1 aromatic carbocycles. The molecule has 0 N–H and O–H groups in total. The Kier molecular flexibility index (Phi) is 4.51. The fourth-order valence-electron chi connectivity index (χ4n) is 1.30. The van der Waals surface area contributed by atoms with Crippen molar-refractivity contribution in [3.8, 4) is 0 Å². The van der Waals surface area contributed by atoms with Crippen LogP contribution < -0.4 is 0 Å². The molecule has 0 fully saturated rings. The topological polar surface area (TPSA) is 52.6 Å². The van der Waals surface area contributed by atoms with Gasteiger partial charge in [-0.3, -0.25) is 4.79 Å². The van der Waals surface area contributed by atoms with Gasteiger partial charge < -0.3 is 9.47 Å². The van der Waals surface area contributed by atoms with E-state index in [4.69, 9.17) is 4.74 Å². The van der Waals surface area contributed by atoms with Gasteiger partial charge in [0.1, 0.15) is 0 Å². The molecular weight excluding hydrogens is 208 g/mol. The van der Waals surface area contributed by atoms with E-state index in [9.17, 15) is 9.59 Å². The molecule has 0 aromatic heterocycles. The van der Waals surface area contributed by atoms with Gasteiger partial charge in [0, 0.05) is 0 Å². The summed E-state index contributed by atoms with van der Waals surface area (Å²) in [4.78, 5) is 22.5. The highest BCUT2D eigenvalue weighted by Gasteiger charge is 2.08. The van der Waals surface area contributed by atoms with E-state index in [1.54, 1.807) is 31.2 Å². The van der Waals surface area contributed by atoms with Crippen molar-refractivity contribution < 1.29 is 19.1 Å². The van der Waals surface area contributed by atoms with Crippen LogP contribution in [0, 0.1) is 0 Å². The zero-order chi connectivity index (χ0) is 12.0. The second-order valence-electron chi connectivity index (χ2n) is 3.17. The zero-order valence-corrected chi connectivity index (χ0v) is 9.36. The number of carbonyl (C=O) groups is 2. The van der Waals surface area contributed by atoms with Crippen molar-refractivity contribution >= 4 is 11.9 Å². The van der Waals surface area contributed by atoms with Crippen LogP contribution in [0.15, 0.2) is 24.3 Å². The number of methoxy groups -OCH3 is 1. The predicted octanol–water partition coefficient (Wildman–Crippen LogP) is 1.58. The monoisotopic (exact) mass is 222 g/mol. The first-order valence-electron chi connectivity index (χ1n) is 5.00. The molecule has 0 spiro atoms. The predicted molar refractivity (Wildman–Crippen MR) is 58.1 cm³/mol. The standard InChI is InChI=1S/C12H14O4/c1-3-16-11(13)8-9-5-4-6-10(7-9)12(14)15-2/h4-7H,3,8H2,1-2H3. The minimum absolute atomic E-state index is 0.165. The van der Waals surface area contributed by atoms with Crippen molar-refractivity contribution in [2.75, 3.05) is 13.7 Å². The lowest BCUT2D eigenvalue weighted by Gasteiger charge is -2.04. The highest BCUT2D eigenvalue weighted by atomic mass is 16.5. The molecule has 0 amide bonds. The van der Waals surface area contributed by atoms with E-state index in [1.165, 1.54) is 7.11 Å². The summed E-state index contributed by atoms with van der Waals surface area (Å²) >= 11 is 0. The molecule has 0 heterocycles. The van der Waals surface area contributed by atoms with Gasteiger partial charge >= 0.3 is 11.9 Å². The van der Waals surface area contributed by atoms with Crippen molar-refractivity contribution in [1.29, 1.82) is 0 Å². The number of esters is 2. The van der Waals surface area contributed by atoms with Gasteiger partial charge in [-0.2, -0.15) is 0 Å². The number of benzene rings is 1. The summed E-state index contributed by atoms with van der Waals surface area (Å²) in [6, 6.07) is 6.74. The molecule has 0 saturated heterocycles. The molecule has 4 heteroatoms. The quantitative estimate of drug-likeness (QED) is 0.726. The van der Waals surface area contributed by atoms with Crippen LogP contribution in [0.2, 0.25) is 0 Å². The molecule has 0 aliphatic rings. The Hall–Kier alpha value is -1.84. The minimum atomic E-state index is -0.411. The van der Waals surface area contributed by atoms with E-state index in [-0.39, 0.29) is 12.4 Å². The summed E-state index contributed by atoms with van der Waals surface area (Å²) in [7, 11) is 1.32. The lowest BCUT2D eigenvalue weighted by molar-refractivity contribution is -0.142. The van der Waals surface area contributed by atoms with Crippen molar-refractivity contribution in [3.05, 3.63) is 35.4 Å². The molecule has 0 aliphatic heterocycles. The average molecular weight is 222 g/mol. The lowest BCUT2D eigenvalue weighted by Crippen LogP contribution is -2.08. The maximum atomic E-state index is 11.2. The Labute approximate surface area is 94.2 Å². The van der Waals surface area contributed by atoms with Gasteiger partial charge in [-0.05, 0) is 24.6 Å². The van der Waals surface area contributed by atoms with Crippen molar-refractivity contribution in [3.63, 3.8) is 0 Å². The third-order valence-electron chi connectivity index (χ3n) is 2.00. The van der Waals surface area contributed by atoms with Crippen LogP contribution in [0.25, 0.3) is 0 Å². The maximum Gasteiger partial charge on any atom is 0.337 e. The van der Waals surface area contributed by atoms with Crippen LogP contribution in [0.5, 0.6) is 0 Å². The second-order valence-corrected chi connectivity index (χ2v) is 3.17. The summed E-state index contributed by atoms with van der Waals surface area (Å²) < 4.78 is 9.41. The first kappa shape index (κ1) is 12.2. The van der Waals surface area contributed by atoms with Crippen LogP contribution in [0.4, 0.5) is 0 Å². The Morgan fingerprint density at radius 1 is 1.31 bits per heavy atom. The van der Waals surface area contributed by atoms with E-state index < -0.39 is 5.97 Å². The van der Waals surface area contributed by atoms with Crippen molar-refractivity contribution in [2.24, 2.45) is 0 Å². The summed E-state index contributed by atoms with van der Waals surface area (Å²) in [6.07, 6.45) is 0.165. The molecule has 0 aliphatic carbocycles. The van der Waals surface area contributed by atoms with E-state index >= 15 is 0 Å². The van der Waals surface area contributed by atoms with Crippen LogP contribution >= 0.6 is 0 Å². The number of hydrogen-bond donors (Lipinski definition) is 0. The fourth-order valence-corrected chi connectivity index (χ4v) is 1.30. The van der Waals surface area contributed by atoms with Crippen molar-refractivity contribution in [2.45, 2.75) is 13.3 Å². The molecule has 16 heavy (non-hydrogen) atoms. The molecule has 0 bridgehead atoms. The summed E-state index contributed by atoms with van der Waals surface area (Å²) in [5, 5.41) is 0. The summed E-state index contributed by atoms with van der Waals surface area (Å²) in [6.45, 7) is 2.11. The van der Waals surface area contributed by atoms with Gasteiger partial charge in [0.2, 0.25) is 0 Å². The van der Waals surface area contributed by atoms with Gasteiger partial charge in [0.25, 0.3) is 0 Å². The Morgan fingerprint density at radius 2 is 2.06 bits per heavy atom. The summed E-state index contributed by atoms with van der Waals surface area (Å²) in [5.41, 5.74) is 1.17. The molecule has 1 aromatic rings. The molecule has 4 nitrogen and oxygen atoms in total. The van der Waals surface area contributed by atoms with Gasteiger partial charge in [0.05, 0.1) is 25.7 Å². The van der Waals surface area contributed by atoms with E-state index in [0.29, 0.717) is 12.2 Å². The van der Waals surface area contributed by atoms with Crippen LogP contribution in [0.1, 0.15) is 22.8 Å². The number of rotatable bonds is 4. The number of carbonyl (C=O) groups excluding carboxylic acids is 2. The highest BCUT2D eigenvalue weighted by Crippen LogP contribution is 2.08. The smallest absolute Gasteiger partial charge is 0.337 e. The Morgan fingerprint density at radius 3 is 2.69 bits per heavy atom. The van der Waals surface area contributed by atoms with Gasteiger partial charge in [0.15, 0.2) is 0 Å². The SMILES string of the molecule is CCOC(=O)Cc1cccc(C(=O)OC)c1. The Balaban J connectivity index is 2.74. The van der Waals surface area contributed by atoms with E-state index in [2.05, 4.69) is 4.74 Å². The Bertz CT molecular complexity index is 384. The maximum absolute atomic E-state index is 11.2. The summed E-state index contributed by atoms with van der Waals surface area (Å²) in [5.74, 6) is -0.713. The zero-order valence-electron chi connectivity index (χ0n) is 9.36. The van der Waals surface area contributed by atoms with Crippen LogP contribution in [-0.2, 0) is 20.7 Å². The first-order chi connectivity index (χ1) is 7.67. The third-order valence-corrected chi connectivity index (χ3v) is 2.00. The van der Waals surface area contributed by atoms with E-state index in [0.717, 1.165) is 5.56 Å². The second kappa shape index (κ2) is 5.90. The van der Waals surface area contributed by atoms with Crippen molar-refractivity contribution in [1.82, 2.24) is 0 Å². The first-order valence-corrected chi connectivity index (χ1v) is 5.00. The molecule has 0 radical (unpaired) electrons. The number of hydrogen-bond acceptors (Lipinski definition) is 4. The number of ether oxygens (including phenoxy) is 2. The van der Waals surface area contributed by atoms with Gasteiger partial charge in [-0.15, -0.1) is 0 Å². The fraction of sp³-hybridized carbons (Fsp3) is 0.333. The molecule has 0 saturated carbocycles. The van der Waals surface area contributed by atoms with Crippen LogP contribution in [-0.4, -0.2) is 25.7 Å². The molecule has 86 valence electrons. The highest BCUT2D eigenvalue weighted by molar-refractivity contribution is 5.89. The van der Waals surface area contributed by atoms with E-state index in [1.807, 2.05) is 0 Å². The average Bonchev–Trinajstić information content (AvgIpc) is 2.28. The normalized spacial score (nSPS) is 9.62. The minimum Gasteiger partial charge on any atom is -0.466 e. The van der Waals surface area contributed by atoms with Gasteiger partial charge in [-0.25, -0.2) is 4.79 Å². The third kappa shape index (κ3) is 3.38. The molecular formula is C12H14O4. The lowest BCUT2D eigenvalue weighted by atomic mass is 10.1. The van der Waals surface area contributed by atoms with Gasteiger partial charge in [-0.1, -0.05) is 12.1 Å². The molecule has 0 atom stereocenters. The molecule has 1 rings (SSSR count). The largest absolute Gasteiger partial charge is 0.466 e. The molecule has 0 unspecified atom stereocenters. The van der Waals surface area contributed by atoms with Crippen LogP contribution in [0.3, 0.4) is 0 Å².